The highest BCUT2D eigenvalue weighted by Crippen LogP contribution is 2.44. The maximum absolute atomic E-state index is 13.1. The molecular weight excluding hydrogens is 494 g/mol. The number of likely N-dealkylation sites (tertiary alicyclic amines) is 1. The van der Waals surface area contributed by atoms with Crippen LogP contribution in [-0.2, 0) is 9.53 Å². The standard InChI is InChI=1S/C33H26ClNO3/c34-27-15-13-24(14-16-27)23-11-9-22(10-12-23)17-25-18-35(19-26(25)20-36)33(37)38-21-32-30-7-3-1-5-28(30)29-6-2-4-8-31(29)32/h1-17,20,26,32H,18-19,21H2. The Hall–Kier alpha value is -4.15. The maximum atomic E-state index is 13.1. The minimum absolute atomic E-state index is 0.00462. The van der Waals surface area contributed by atoms with Crippen molar-refractivity contribution in [2.45, 2.75) is 5.92 Å². The molecule has 1 aliphatic heterocycles. The van der Waals surface area contributed by atoms with Gasteiger partial charge in [-0.2, -0.15) is 0 Å². The van der Waals surface area contributed by atoms with E-state index in [1.165, 1.54) is 22.3 Å². The van der Waals surface area contributed by atoms with E-state index in [2.05, 4.69) is 24.3 Å². The fourth-order valence-corrected chi connectivity index (χ4v) is 5.62. The molecule has 1 aliphatic carbocycles. The molecule has 0 bridgehead atoms. The number of rotatable bonds is 5. The van der Waals surface area contributed by atoms with E-state index in [1.54, 1.807) is 4.90 Å². The van der Waals surface area contributed by atoms with E-state index in [1.807, 2.05) is 78.9 Å². The Morgan fingerprint density at radius 1 is 0.842 bits per heavy atom. The van der Waals surface area contributed by atoms with Gasteiger partial charge in [0.05, 0.1) is 5.92 Å². The molecule has 0 radical (unpaired) electrons. The smallest absolute Gasteiger partial charge is 0.410 e. The molecule has 0 N–H and O–H groups in total. The molecule has 1 saturated heterocycles. The lowest BCUT2D eigenvalue weighted by atomic mass is 9.98. The number of ether oxygens (including phenoxy) is 1. The van der Waals surface area contributed by atoms with Gasteiger partial charge in [-0.05, 0) is 56.6 Å². The van der Waals surface area contributed by atoms with Crippen LogP contribution in [0.1, 0.15) is 22.6 Å². The van der Waals surface area contributed by atoms with Crippen molar-refractivity contribution in [2.75, 3.05) is 19.7 Å². The summed E-state index contributed by atoms with van der Waals surface area (Å²) in [4.78, 5) is 26.5. The largest absolute Gasteiger partial charge is 0.448 e. The third-order valence-electron chi connectivity index (χ3n) is 7.47. The quantitative estimate of drug-likeness (QED) is 0.257. The van der Waals surface area contributed by atoms with Crippen LogP contribution in [0.3, 0.4) is 0 Å². The van der Waals surface area contributed by atoms with Gasteiger partial charge in [0.25, 0.3) is 0 Å². The highest BCUT2D eigenvalue weighted by molar-refractivity contribution is 6.30. The minimum atomic E-state index is -0.389. The van der Waals surface area contributed by atoms with Gasteiger partial charge in [-0.3, -0.25) is 0 Å². The third kappa shape index (κ3) is 4.64. The molecule has 6 rings (SSSR count). The summed E-state index contributed by atoms with van der Waals surface area (Å²) in [5.74, 6) is -0.337. The highest BCUT2D eigenvalue weighted by atomic mass is 35.5. The molecule has 4 aromatic rings. The molecule has 2 aliphatic rings. The van der Waals surface area contributed by atoms with Gasteiger partial charge in [0.2, 0.25) is 0 Å². The normalized spacial score (nSPS) is 17.3. The van der Waals surface area contributed by atoms with E-state index in [0.29, 0.717) is 18.1 Å². The van der Waals surface area contributed by atoms with Crippen molar-refractivity contribution in [3.05, 3.63) is 124 Å². The molecule has 5 heteroatoms. The van der Waals surface area contributed by atoms with E-state index in [9.17, 15) is 9.59 Å². The zero-order valence-corrected chi connectivity index (χ0v) is 21.5. The lowest BCUT2D eigenvalue weighted by Crippen LogP contribution is -2.30. The van der Waals surface area contributed by atoms with Gasteiger partial charge in [0.1, 0.15) is 12.9 Å². The third-order valence-corrected chi connectivity index (χ3v) is 7.72. The number of benzene rings is 4. The molecule has 188 valence electrons. The van der Waals surface area contributed by atoms with Gasteiger partial charge < -0.3 is 14.4 Å². The number of carbonyl (C=O) groups is 2. The van der Waals surface area contributed by atoms with Crippen molar-refractivity contribution in [1.29, 1.82) is 0 Å². The summed E-state index contributed by atoms with van der Waals surface area (Å²) >= 11 is 6.00. The van der Waals surface area contributed by atoms with Crippen LogP contribution in [0.5, 0.6) is 0 Å². The first-order valence-corrected chi connectivity index (χ1v) is 13.1. The number of fused-ring (bicyclic) bond motifs is 3. The van der Waals surface area contributed by atoms with Crippen LogP contribution in [0.2, 0.25) is 5.02 Å². The molecule has 1 atom stereocenters. The van der Waals surface area contributed by atoms with Crippen LogP contribution in [0.15, 0.2) is 103 Å². The fourth-order valence-electron chi connectivity index (χ4n) is 5.49. The molecule has 4 nitrogen and oxygen atoms in total. The van der Waals surface area contributed by atoms with Crippen molar-refractivity contribution >= 4 is 30.1 Å². The van der Waals surface area contributed by atoms with Gasteiger partial charge in [-0.1, -0.05) is 103 Å². The predicted molar refractivity (Wildman–Crippen MR) is 151 cm³/mol. The molecule has 38 heavy (non-hydrogen) atoms. The van der Waals surface area contributed by atoms with Gasteiger partial charge in [-0.25, -0.2) is 4.79 Å². The second-order valence-corrected chi connectivity index (χ2v) is 10.2. The summed E-state index contributed by atoms with van der Waals surface area (Å²) < 4.78 is 5.82. The summed E-state index contributed by atoms with van der Waals surface area (Å²) in [5.41, 5.74) is 8.81. The lowest BCUT2D eigenvalue weighted by molar-refractivity contribution is -0.109. The summed E-state index contributed by atoms with van der Waals surface area (Å²) in [5, 5.41) is 0.706. The average molecular weight is 520 g/mol. The molecule has 1 unspecified atom stereocenters. The minimum Gasteiger partial charge on any atom is -0.448 e. The summed E-state index contributed by atoms with van der Waals surface area (Å²) in [6.45, 7) is 0.966. The molecule has 0 aromatic heterocycles. The molecule has 0 spiro atoms. The molecule has 1 amide bonds. The second-order valence-electron chi connectivity index (χ2n) is 9.78. The second kappa shape index (κ2) is 10.3. The van der Waals surface area contributed by atoms with E-state index in [-0.39, 0.29) is 24.5 Å². The number of hydrogen-bond donors (Lipinski definition) is 0. The highest BCUT2D eigenvalue weighted by Gasteiger charge is 2.33. The van der Waals surface area contributed by atoms with Crippen LogP contribution in [0.25, 0.3) is 28.3 Å². The van der Waals surface area contributed by atoms with Crippen LogP contribution < -0.4 is 0 Å². The maximum Gasteiger partial charge on any atom is 0.410 e. The van der Waals surface area contributed by atoms with Gasteiger partial charge in [0, 0.05) is 24.0 Å². The first-order valence-electron chi connectivity index (χ1n) is 12.7. The average Bonchev–Trinajstić information content (AvgIpc) is 3.51. The summed E-state index contributed by atoms with van der Waals surface area (Å²) in [6.07, 6.45) is 2.53. The Balaban J connectivity index is 1.14. The van der Waals surface area contributed by atoms with Crippen molar-refractivity contribution in [3.63, 3.8) is 0 Å². The first kappa shape index (κ1) is 24.2. The molecule has 1 heterocycles. The van der Waals surface area contributed by atoms with Crippen LogP contribution in [-0.4, -0.2) is 37.0 Å². The lowest BCUT2D eigenvalue weighted by Gasteiger charge is -2.19. The Kier molecular flexibility index (Phi) is 6.57. The predicted octanol–water partition coefficient (Wildman–Crippen LogP) is 7.47. The molecule has 0 saturated carbocycles. The summed E-state index contributed by atoms with van der Waals surface area (Å²) in [7, 11) is 0. The van der Waals surface area contributed by atoms with Gasteiger partial charge in [0.15, 0.2) is 0 Å². The monoisotopic (exact) mass is 519 g/mol. The van der Waals surface area contributed by atoms with Gasteiger partial charge in [-0.15, -0.1) is 0 Å². The molecular formula is C33H26ClNO3. The number of halogens is 1. The SMILES string of the molecule is O=CC1CN(C(=O)OCC2c3ccccc3-c3ccccc32)CC1=Cc1ccc(-c2ccc(Cl)cc2)cc1. The van der Waals surface area contributed by atoms with E-state index in [0.717, 1.165) is 28.5 Å². The summed E-state index contributed by atoms with van der Waals surface area (Å²) in [6, 6.07) is 32.4. The van der Waals surface area contributed by atoms with Crippen molar-refractivity contribution in [3.8, 4) is 22.3 Å². The van der Waals surface area contributed by atoms with E-state index < -0.39 is 0 Å². The number of nitrogens with zero attached hydrogens (tertiary/aromatic N) is 1. The zero-order chi connectivity index (χ0) is 26.1. The number of aldehydes is 1. The Morgan fingerprint density at radius 2 is 1.42 bits per heavy atom. The van der Waals surface area contributed by atoms with Crippen LogP contribution in [0, 0.1) is 5.92 Å². The number of carbonyl (C=O) groups excluding carboxylic acids is 2. The van der Waals surface area contributed by atoms with Crippen molar-refractivity contribution < 1.29 is 14.3 Å². The Bertz CT molecular complexity index is 1480. The first-order chi connectivity index (χ1) is 18.6. The van der Waals surface area contributed by atoms with Gasteiger partial charge >= 0.3 is 6.09 Å². The van der Waals surface area contributed by atoms with Crippen molar-refractivity contribution in [1.82, 2.24) is 4.90 Å². The number of amides is 1. The van der Waals surface area contributed by atoms with E-state index >= 15 is 0 Å². The molecule has 4 aromatic carbocycles. The van der Waals surface area contributed by atoms with E-state index in [4.69, 9.17) is 16.3 Å². The van der Waals surface area contributed by atoms with Crippen LogP contribution in [0.4, 0.5) is 4.79 Å². The Labute approximate surface area is 227 Å². The fraction of sp³-hybridized carbons (Fsp3) is 0.152. The Morgan fingerprint density at radius 3 is 2.03 bits per heavy atom. The van der Waals surface area contributed by atoms with Crippen molar-refractivity contribution in [2.24, 2.45) is 5.92 Å². The van der Waals surface area contributed by atoms with Crippen LogP contribution >= 0.6 is 11.6 Å². The molecule has 1 fully saturated rings. The topological polar surface area (TPSA) is 46.6 Å². The zero-order valence-electron chi connectivity index (χ0n) is 20.7. The number of hydrogen-bond acceptors (Lipinski definition) is 3.